The van der Waals surface area contributed by atoms with Crippen LogP contribution in [0.2, 0.25) is 0 Å². The quantitative estimate of drug-likeness (QED) is 0.644. The monoisotopic (exact) mass is 223 g/mol. The van der Waals surface area contributed by atoms with E-state index in [1.807, 2.05) is 0 Å². The molecule has 2 aliphatic carbocycles. The summed E-state index contributed by atoms with van der Waals surface area (Å²) in [6, 6.07) is 0.852. The highest BCUT2D eigenvalue weighted by Gasteiger charge is 2.53. The molecule has 2 fully saturated rings. The Kier molecular flexibility index (Phi) is 4.69. The number of rotatable bonds is 7. The molecular formula is C15H29N. The van der Waals surface area contributed by atoms with E-state index < -0.39 is 0 Å². The van der Waals surface area contributed by atoms with Crippen molar-refractivity contribution in [3.63, 3.8) is 0 Å². The minimum absolute atomic E-state index is 0.852. The zero-order chi connectivity index (χ0) is 11.4. The molecule has 3 atom stereocenters. The third-order valence-electron chi connectivity index (χ3n) is 4.77. The first-order valence-electron chi connectivity index (χ1n) is 7.61. The normalized spacial score (nSPS) is 34.5. The van der Waals surface area contributed by atoms with Gasteiger partial charge in [0.25, 0.3) is 0 Å². The summed E-state index contributed by atoms with van der Waals surface area (Å²) in [5.41, 5.74) is 0. The van der Waals surface area contributed by atoms with Crippen molar-refractivity contribution in [2.24, 2.45) is 17.8 Å². The van der Waals surface area contributed by atoms with Gasteiger partial charge in [-0.25, -0.2) is 0 Å². The molecule has 0 amide bonds. The van der Waals surface area contributed by atoms with E-state index in [0.717, 1.165) is 30.3 Å². The van der Waals surface area contributed by atoms with Crippen molar-refractivity contribution < 1.29 is 0 Å². The van der Waals surface area contributed by atoms with Gasteiger partial charge < -0.3 is 5.32 Å². The van der Waals surface area contributed by atoms with Gasteiger partial charge in [0.05, 0.1) is 0 Å². The molecule has 16 heavy (non-hydrogen) atoms. The molecule has 2 saturated carbocycles. The lowest BCUT2D eigenvalue weighted by Gasteiger charge is -2.18. The molecule has 0 heterocycles. The Morgan fingerprint density at radius 2 is 1.75 bits per heavy atom. The zero-order valence-electron chi connectivity index (χ0n) is 11.2. The van der Waals surface area contributed by atoms with Gasteiger partial charge in [-0.05, 0) is 43.6 Å². The molecule has 0 saturated heterocycles. The Morgan fingerprint density at radius 1 is 1.06 bits per heavy atom. The van der Waals surface area contributed by atoms with Crippen LogP contribution in [0.1, 0.15) is 65.2 Å². The second kappa shape index (κ2) is 6.05. The van der Waals surface area contributed by atoms with Gasteiger partial charge in [-0.2, -0.15) is 0 Å². The van der Waals surface area contributed by atoms with Crippen LogP contribution in [-0.4, -0.2) is 12.6 Å². The maximum atomic E-state index is 3.76. The molecular weight excluding hydrogens is 194 g/mol. The van der Waals surface area contributed by atoms with Crippen LogP contribution >= 0.6 is 0 Å². The van der Waals surface area contributed by atoms with E-state index in [1.165, 1.54) is 51.4 Å². The molecule has 0 bridgehead atoms. The largest absolute Gasteiger partial charge is 0.314 e. The predicted octanol–water partition coefficient (Wildman–Crippen LogP) is 3.98. The average Bonchev–Trinajstić information content (AvgIpc) is 3.02. The first kappa shape index (κ1) is 12.4. The SMILES string of the molecule is CCCCCC(NCC)C1C2CCCCC21. The Bertz CT molecular complexity index is 190. The van der Waals surface area contributed by atoms with Crippen LogP contribution in [-0.2, 0) is 0 Å². The summed E-state index contributed by atoms with van der Waals surface area (Å²) in [6.07, 6.45) is 11.7. The molecule has 3 unspecified atom stereocenters. The van der Waals surface area contributed by atoms with E-state index in [0.29, 0.717) is 0 Å². The fourth-order valence-corrected chi connectivity index (χ4v) is 3.95. The first-order chi connectivity index (χ1) is 7.88. The smallest absolute Gasteiger partial charge is 0.0101 e. The summed E-state index contributed by atoms with van der Waals surface area (Å²) in [5.74, 6) is 3.28. The molecule has 1 heteroatoms. The maximum absolute atomic E-state index is 3.76. The van der Waals surface area contributed by atoms with Crippen LogP contribution in [0.3, 0.4) is 0 Å². The number of hydrogen-bond acceptors (Lipinski definition) is 1. The second-order valence-corrected chi connectivity index (χ2v) is 5.85. The highest BCUT2D eigenvalue weighted by Crippen LogP contribution is 2.57. The van der Waals surface area contributed by atoms with Gasteiger partial charge in [0.15, 0.2) is 0 Å². The standard InChI is InChI=1S/C15H29N/c1-3-5-6-11-14(16-4-2)15-12-9-7-8-10-13(12)15/h12-16H,3-11H2,1-2H3. The summed E-state index contributed by atoms with van der Waals surface area (Å²) in [4.78, 5) is 0. The zero-order valence-corrected chi connectivity index (χ0v) is 11.2. The second-order valence-electron chi connectivity index (χ2n) is 5.85. The molecule has 94 valence electrons. The van der Waals surface area contributed by atoms with E-state index in [9.17, 15) is 0 Å². The van der Waals surface area contributed by atoms with Crippen LogP contribution in [0.5, 0.6) is 0 Å². The van der Waals surface area contributed by atoms with Crippen LogP contribution in [0.15, 0.2) is 0 Å². The molecule has 2 rings (SSSR count). The molecule has 0 spiro atoms. The first-order valence-corrected chi connectivity index (χ1v) is 7.61. The maximum Gasteiger partial charge on any atom is 0.0101 e. The summed E-state index contributed by atoms with van der Waals surface area (Å²) < 4.78 is 0. The number of nitrogens with one attached hydrogen (secondary N) is 1. The number of fused-ring (bicyclic) bond motifs is 1. The lowest BCUT2D eigenvalue weighted by molar-refractivity contribution is 0.400. The van der Waals surface area contributed by atoms with Crippen LogP contribution in [0, 0.1) is 17.8 Å². The van der Waals surface area contributed by atoms with Crippen molar-refractivity contribution >= 4 is 0 Å². The number of hydrogen-bond donors (Lipinski definition) is 1. The summed E-state index contributed by atoms with van der Waals surface area (Å²) in [7, 11) is 0. The van der Waals surface area contributed by atoms with Gasteiger partial charge >= 0.3 is 0 Å². The highest BCUT2D eigenvalue weighted by atomic mass is 14.9. The Hall–Kier alpha value is -0.0400. The Morgan fingerprint density at radius 3 is 2.31 bits per heavy atom. The fraction of sp³-hybridized carbons (Fsp3) is 1.00. The molecule has 0 radical (unpaired) electrons. The minimum atomic E-state index is 0.852. The predicted molar refractivity (Wildman–Crippen MR) is 70.5 cm³/mol. The van der Waals surface area contributed by atoms with Crippen molar-refractivity contribution in [3.05, 3.63) is 0 Å². The molecule has 1 N–H and O–H groups in total. The highest BCUT2D eigenvalue weighted by molar-refractivity contribution is 5.04. The topological polar surface area (TPSA) is 12.0 Å². The fourth-order valence-electron chi connectivity index (χ4n) is 3.95. The Labute approximate surface area is 101 Å². The van der Waals surface area contributed by atoms with Crippen LogP contribution < -0.4 is 5.32 Å². The summed E-state index contributed by atoms with van der Waals surface area (Å²) in [5, 5.41) is 3.76. The van der Waals surface area contributed by atoms with Gasteiger partial charge in [0.1, 0.15) is 0 Å². The van der Waals surface area contributed by atoms with Crippen LogP contribution in [0.4, 0.5) is 0 Å². The Balaban J connectivity index is 1.78. The van der Waals surface area contributed by atoms with E-state index in [1.54, 1.807) is 0 Å². The molecule has 2 aliphatic rings. The van der Waals surface area contributed by atoms with Crippen molar-refractivity contribution in [3.8, 4) is 0 Å². The number of unbranched alkanes of at least 4 members (excludes halogenated alkanes) is 2. The minimum Gasteiger partial charge on any atom is -0.314 e. The van der Waals surface area contributed by atoms with Gasteiger partial charge in [0, 0.05) is 6.04 Å². The third kappa shape index (κ3) is 2.80. The van der Waals surface area contributed by atoms with Gasteiger partial charge in [-0.3, -0.25) is 0 Å². The van der Waals surface area contributed by atoms with Crippen molar-refractivity contribution in [1.29, 1.82) is 0 Å². The third-order valence-corrected chi connectivity index (χ3v) is 4.77. The van der Waals surface area contributed by atoms with Crippen LogP contribution in [0.25, 0.3) is 0 Å². The molecule has 0 aromatic heterocycles. The lowest BCUT2D eigenvalue weighted by atomic mass is 10.0. The van der Waals surface area contributed by atoms with E-state index in [2.05, 4.69) is 19.2 Å². The molecule has 0 aromatic rings. The summed E-state index contributed by atoms with van der Waals surface area (Å²) >= 11 is 0. The van der Waals surface area contributed by atoms with Gasteiger partial charge in [-0.15, -0.1) is 0 Å². The van der Waals surface area contributed by atoms with Crippen molar-refractivity contribution in [1.82, 2.24) is 5.32 Å². The van der Waals surface area contributed by atoms with E-state index in [-0.39, 0.29) is 0 Å². The van der Waals surface area contributed by atoms with E-state index in [4.69, 9.17) is 0 Å². The lowest BCUT2D eigenvalue weighted by Crippen LogP contribution is -2.32. The van der Waals surface area contributed by atoms with Crippen molar-refractivity contribution in [2.75, 3.05) is 6.54 Å². The summed E-state index contributed by atoms with van der Waals surface area (Å²) in [6.45, 7) is 5.73. The van der Waals surface area contributed by atoms with Crippen molar-refractivity contribution in [2.45, 2.75) is 71.3 Å². The average molecular weight is 223 g/mol. The van der Waals surface area contributed by atoms with Gasteiger partial charge in [0.2, 0.25) is 0 Å². The molecule has 0 aliphatic heterocycles. The van der Waals surface area contributed by atoms with Gasteiger partial charge in [-0.1, -0.05) is 46.0 Å². The van der Waals surface area contributed by atoms with E-state index >= 15 is 0 Å². The molecule has 0 aromatic carbocycles. The molecule has 1 nitrogen and oxygen atoms in total.